The van der Waals surface area contributed by atoms with Gasteiger partial charge in [-0.25, -0.2) is 0 Å². The smallest absolute Gasteiger partial charge is 0.309 e. The van der Waals surface area contributed by atoms with E-state index >= 15 is 0 Å². The molecule has 0 aliphatic heterocycles. The third kappa shape index (κ3) is 9.92. The highest BCUT2D eigenvalue weighted by atomic mass is 16.4. The zero-order chi connectivity index (χ0) is 34.0. The molecule has 9 nitrogen and oxygen atoms in total. The Hall–Kier alpha value is -4.66. The number of Topliss-reactive ketones (excluding diaryl/α,β-unsaturated/α-hetero) is 3. The summed E-state index contributed by atoms with van der Waals surface area (Å²) in [6, 6.07) is 20.6. The second kappa shape index (κ2) is 16.1. The van der Waals surface area contributed by atoms with Crippen LogP contribution in [0.4, 0.5) is 0 Å². The molecule has 0 aliphatic rings. The normalized spacial score (nSPS) is 14.0. The van der Waals surface area contributed by atoms with Crippen LogP contribution in [0, 0.1) is 17.3 Å². The highest BCUT2D eigenvalue weighted by Crippen LogP contribution is 2.24. The lowest BCUT2D eigenvalue weighted by atomic mass is 9.82. The number of benzene rings is 3. The van der Waals surface area contributed by atoms with Crippen molar-refractivity contribution in [2.24, 2.45) is 17.3 Å². The van der Waals surface area contributed by atoms with E-state index in [9.17, 15) is 33.9 Å². The molecule has 0 bridgehead atoms. The van der Waals surface area contributed by atoms with Gasteiger partial charge in [0.25, 0.3) is 5.91 Å². The number of rotatable bonds is 17. The number of carbonyl (C=O) groups excluding carboxylic acids is 5. The van der Waals surface area contributed by atoms with Gasteiger partial charge in [0.1, 0.15) is 5.78 Å². The van der Waals surface area contributed by atoms with Gasteiger partial charge >= 0.3 is 5.97 Å². The molecule has 3 aromatic carbocycles. The number of ketones is 3. The van der Waals surface area contributed by atoms with Gasteiger partial charge in [-0.05, 0) is 55.0 Å². The molecule has 9 heteroatoms. The van der Waals surface area contributed by atoms with Crippen LogP contribution in [0.2, 0.25) is 0 Å². The lowest BCUT2D eigenvalue weighted by Crippen LogP contribution is -2.53. The third-order valence-electron chi connectivity index (χ3n) is 8.40. The van der Waals surface area contributed by atoms with E-state index in [4.69, 9.17) is 0 Å². The molecule has 0 radical (unpaired) electrons. The monoisotopic (exact) mass is 628 g/mol. The first-order valence-electron chi connectivity index (χ1n) is 15.7. The standard InChI is InChI=1S/C37H44N2O7/c1-6-23(2)32(31(41)22-37(4,5)36(45)46)39-35(44)33(42)24(3)38-34(43)29(18-25-12-8-7-9-13-25)21-30(40)20-26-16-17-27-14-10-11-15-28(27)19-26/h7-17,19,23-24,29,32H,6,18,20-22H2,1-5H3,(H,38,43)(H,39,44)(H,45,46)/t23-,24?,29+,32-/m0/s1. The fraction of sp³-hybridized carbons (Fsp3) is 0.405. The quantitative estimate of drug-likeness (QED) is 0.181. The molecule has 0 heterocycles. The molecule has 3 N–H and O–H groups in total. The Morgan fingerprint density at radius 1 is 0.804 bits per heavy atom. The molecule has 4 atom stereocenters. The van der Waals surface area contributed by atoms with Crippen molar-refractivity contribution in [3.63, 3.8) is 0 Å². The van der Waals surface area contributed by atoms with Crippen molar-refractivity contribution in [3.05, 3.63) is 83.9 Å². The largest absolute Gasteiger partial charge is 0.481 e. The summed E-state index contributed by atoms with van der Waals surface area (Å²) in [6.07, 6.45) is 0.507. The Morgan fingerprint density at radius 3 is 2.07 bits per heavy atom. The van der Waals surface area contributed by atoms with Gasteiger partial charge in [-0.3, -0.25) is 28.8 Å². The van der Waals surface area contributed by atoms with Gasteiger partial charge in [-0.1, -0.05) is 93.1 Å². The number of amides is 2. The topological polar surface area (TPSA) is 147 Å². The van der Waals surface area contributed by atoms with Crippen molar-refractivity contribution < 1.29 is 33.9 Å². The zero-order valence-electron chi connectivity index (χ0n) is 27.2. The van der Waals surface area contributed by atoms with Crippen molar-refractivity contribution in [1.29, 1.82) is 0 Å². The first kappa shape index (κ1) is 35.8. The molecule has 244 valence electrons. The van der Waals surface area contributed by atoms with E-state index in [0.717, 1.165) is 21.9 Å². The Bertz CT molecular complexity index is 1580. The van der Waals surface area contributed by atoms with Crippen LogP contribution in [0.15, 0.2) is 72.8 Å². The summed E-state index contributed by atoms with van der Waals surface area (Å²) < 4.78 is 0. The maximum atomic E-state index is 13.5. The minimum atomic E-state index is -1.35. The van der Waals surface area contributed by atoms with Crippen molar-refractivity contribution in [3.8, 4) is 0 Å². The summed E-state index contributed by atoms with van der Waals surface area (Å²) in [7, 11) is 0. The number of hydrogen-bond donors (Lipinski definition) is 3. The fourth-order valence-corrected chi connectivity index (χ4v) is 5.28. The number of fused-ring (bicyclic) bond motifs is 1. The molecule has 0 saturated carbocycles. The number of aliphatic carboxylic acids is 1. The maximum absolute atomic E-state index is 13.5. The fourth-order valence-electron chi connectivity index (χ4n) is 5.28. The van der Waals surface area contributed by atoms with Crippen LogP contribution < -0.4 is 10.6 Å². The van der Waals surface area contributed by atoms with E-state index < -0.39 is 52.8 Å². The molecule has 0 spiro atoms. The van der Waals surface area contributed by atoms with Crippen LogP contribution in [0.25, 0.3) is 10.8 Å². The molecular weight excluding hydrogens is 584 g/mol. The molecule has 46 heavy (non-hydrogen) atoms. The van der Waals surface area contributed by atoms with Crippen LogP contribution in [-0.2, 0) is 41.6 Å². The maximum Gasteiger partial charge on any atom is 0.309 e. The molecular formula is C37H44N2O7. The SMILES string of the molecule is CC[C@H](C)[C@H](NC(=O)C(=O)C(C)NC(=O)[C@@H](CC(=O)Cc1ccc2ccccc2c1)Cc1ccccc1)C(=O)CC(C)(C)C(=O)O. The van der Waals surface area contributed by atoms with Crippen molar-refractivity contribution in [2.45, 2.75) is 78.8 Å². The zero-order valence-corrected chi connectivity index (χ0v) is 27.2. The van der Waals surface area contributed by atoms with Crippen LogP contribution >= 0.6 is 0 Å². The predicted molar refractivity (Wildman–Crippen MR) is 176 cm³/mol. The third-order valence-corrected chi connectivity index (χ3v) is 8.40. The molecule has 2 amide bonds. The average molecular weight is 629 g/mol. The average Bonchev–Trinajstić information content (AvgIpc) is 3.02. The molecule has 3 rings (SSSR count). The minimum absolute atomic E-state index is 0.0649. The van der Waals surface area contributed by atoms with E-state index in [2.05, 4.69) is 10.6 Å². The van der Waals surface area contributed by atoms with E-state index in [1.807, 2.05) is 79.7 Å². The molecule has 0 aromatic heterocycles. The molecule has 0 fully saturated rings. The highest BCUT2D eigenvalue weighted by Gasteiger charge is 2.37. The Kier molecular flexibility index (Phi) is 12.5. The second-order valence-corrected chi connectivity index (χ2v) is 12.8. The van der Waals surface area contributed by atoms with Crippen LogP contribution in [-0.4, -0.2) is 52.3 Å². The van der Waals surface area contributed by atoms with Gasteiger partial charge in [0.05, 0.1) is 17.5 Å². The van der Waals surface area contributed by atoms with Crippen molar-refractivity contribution in [2.75, 3.05) is 0 Å². The van der Waals surface area contributed by atoms with Crippen molar-refractivity contribution >= 4 is 45.9 Å². The summed E-state index contributed by atoms with van der Waals surface area (Å²) in [5.41, 5.74) is 0.329. The first-order chi connectivity index (χ1) is 21.7. The summed E-state index contributed by atoms with van der Waals surface area (Å²) >= 11 is 0. The van der Waals surface area contributed by atoms with Crippen molar-refractivity contribution in [1.82, 2.24) is 10.6 Å². The van der Waals surface area contributed by atoms with Gasteiger partial charge in [0.2, 0.25) is 11.7 Å². The van der Waals surface area contributed by atoms with E-state index in [-0.39, 0.29) is 37.4 Å². The van der Waals surface area contributed by atoms with E-state index in [1.54, 1.807) is 6.92 Å². The number of nitrogens with one attached hydrogen (secondary N) is 2. The predicted octanol–water partition coefficient (Wildman–Crippen LogP) is 4.88. The van der Waals surface area contributed by atoms with Crippen LogP contribution in [0.5, 0.6) is 0 Å². The Balaban J connectivity index is 1.70. The first-order valence-corrected chi connectivity index (χ1v) is 15.7. The summed E-state index contributed by atoms with van der Waals surface area (Å²) in [5, 5.41) is 16.6. The van der Waals surface area contributed by atoms with Crippen LogP contribution in [0.3, 0.4) is 0 Å². The molecule has 1 unspecified atom stereocenters. The Labute approximate surface area is 270 Å². The lowest BCUT2D eigenvalue weighted by molar-refractivity contribution is -0.150. The van der Waals surface area contributed by atoms with E-state index in [0.29, 0.717) is 6.42 Å². The summed E-state index contributed by atoms with van der Waals surface area (Å²) in [4.78, 5) is 77.4. The number of hydrogen-bond acceptors (Lipinski definition) is 6. The van der Waals surface area contributed by atoms with Crippen LogP contribution in [0.1, 0.15) is 65.0 Å². The second-order valence-electron chi connectivity index (χ2n) is 12.8. The number of carbonyl (C=O) groups is 6. The van der Waals surface area contributed by atoms with Gasteiger partial charge in [0.15, 0.2) is 5.78 Å². The number of carboxylic acid groups (broad SMARTS) is 1. The minimum Gasteiger partial charge on any atom is -0.481 e. The molecule has 0 aliphatic carbocycles. The van der Waals surface area contributed by atoms with Gasteiger partial charge in [-0.2, -0.15) is 0 Å². The highest BCUT2D eigenvalue weighted by molar-refractivity contribution is 6.38. The molecule has 0 saturated heterocycles. The summed E-state index contributed by atoms with van der Waals surface area (Å²) in [5.74, 6) is -5.47. The van der Waals surface area contributed by atoms with E-state index in [1.165, 1.54) is 20.8 Å². The Morgan fingerprint density at radius 2 is 1.43 bits per heavy atom. The van der Waals surface area contributed by atoms with Gasteiger partial charge < -0.3 is 15.7 Å². The van der Waals surface area contributed by atoms with Gasteiger partial charge in [0, 0.05) is 25.2 Å². The number of carboxylic acids is 1. The summed E-state index contributed by atoms with van der Waals surface area (Å²) in [6.45, 7) is 7.77. The lowest BCUT2D eigenvalue weighted by Gasteiger charge is -2.27. The molecule has 3 aromatic rings. The van der Waals surface area contributed by atoms with Gasteiger partial charge in [-0.15, -0.1) is 0 Å².